The van der Waals surface area contributed by atoms with Crippen LogP contribution in [0.15, 0.2) is 30.3 Å². The van der Waals surface area contributed by atoms with Crippen LogP contribution in [0.4, 0.5) is 0 Å². The van der Waals surface area contributed by atoms with E-state index in [9.17, 15) is 0 Å². The molecule has 0 bridgehead atoms. The van der Waals surface area contributed by atoms with Crippen molar-refractivity contribution in [1.29, 1.82) is 0 Å². The third-order valence-corrected chi connectivity index (χ3v) is 1.95. The molecule has 0 spiro atoms. The summed E-state index contributed by atoms with van der Waals surface area (Å²) in [6.45, 7) is 6.51. The topological polar surface area (TPSA) is 20.2 Å². The van der Waals surface area contributed by atoms with E-state index in [4.69, 9.17) is 5.11 Å². The summed E-state index contributed by atoms with van der Waals surface area (Å²) < 4.78 is 0. The minimum Gasteiger partial charge on any atom is -0.396 e. The van der Waals surface area contributed by atoms with Crippen molar-refractivity contribution in [1.82, 2.24) is 0 Å². The van der Waals surface area contributed by atoms with Crippen LogP contribution in [0, 0.1) is 12.8 Å². The molecule has 1 nitrogen and oxygen atoms in total. The molecule has 0 saturated heterocycles. The smallest absolute Gasteiger partial charge is 0.0456 e. The minimum atomic E-state index is 0.330. The third kappa shape index (κ3) is 7.54. The third-order valence-electron chi connectivity index (χ3n) is 1.95. The van der Waals surface area contributed by atoms with E-state index in [2.05, 4.69) is 26.0 Å². The average molecular weight is 180 g/mol. The fourth-order valence-electron chi connectivity index (χ4n) is 0.663. The van der Waals surface area contributed by atoms with E-state index in [1.54, 1.807) is 0 Å². The first kappa shape index (κ1) is 12.2. The summed E-state index contributed by atoms with van der Waals surface area (Å²) in [5, 5.41) is 8.33. The molecule has 74 valence electrons. The van der Waals surface area contributed by atoms with Gasteiger partial charge in [-0.15, -0.1) is 0 Å². The van der Waals surface area contributed by atoms with Crippen molar-refractivity contribution in [2.45, 2.75) is 27.2 Å². The maximum atomic E-state index is 8.33. The molecule has 0 aliphatic heterocycles. The fourth-order valence-corrected chi connectivity index (χ4v) is 0.663. The standard InChI is InChI=1S/C7H8.C5H12O/c1-7-5-3-2-4-6-7;1-3-5(2)4-6/h2-6H,1H3;5-6H,3-4H2,1-2H3. The van der Waals surface area contributed by atoms with E-state index in [1.165, 1.54) is 5.56 Å². The van der Waals surface area contributed by atoms with E-state index in [1.807, 2.05) is 25.1 Å². The van der Waals surface area contributed by atoms with Gasteiger partial charge in [-0.25, -0.2) is 0 Å². The molecule has 0 aromatic heterocycles. The molecule has 0 fully saturated rings. The highest BCUT2D eigenvalue weighted by molar-refractivity contribution is 5.11. The Morgan fingerprint density at radius 3 is 1.92 bits per heavy atom. The molecule has 0 aliphatic rings. The second-order valence-electron chi connectivity index (χ2n) is 3.35. The van der Waals surface area contributed by atoms with Crippen molar-refractivity contribution in [3.63, 3.8) is 0 Å². The zero-order valence-corrected chi connectivity index (χ0v) is 8.83. The van der Waals surface area contributed by atoms with Gasteiger partial charge in [0.25, 0.3) is 0 Å². The quantitative estimate of drug-likeness (QED) is 0.741. The van der Waals surface area contributed by atoms with Crippen LogP contribution in [0.5, 0.6) is 0 Å². The Morgan fingerprint density at radius 2 is 1.77 bits per heavy atom. The highest BCUT2D eigenvalue weighted by Gasteiger charge is 1.90. The van der Waals surface area contributed by atoms with Crippen LogP contribution < -0.4 is 0 Å². The van der Waals surface area contributed by atoms with Gasteiger partial charge in [0.05, 0.1) is 0 Å². The highest BCUT2D eigenvalue weighted by Crippen LogP contribution is 1.95. The molecule has 0 radical (unpaired) electrons. The van der Waals surface area contributed by atoms with Gasteiger partial charge < -0.3 is 5.11 Å². The second kappa shape index (κ2) is 7.81. The number of aliphatic hydroxyl groups is 1. The van der Waals surface area contributed by atoms with Crippen molar-refractivity contribution in [2.75, 3.05) is 6.61 Å². The Labute approximate surface area is 81.4 Å². The lowest BCUT2D eigenvalue weighted by atomic mass is 10.1. The van der Waals surface area contributed by atoms with E-state index < -0.39 is 0 Å². The summed E-state index contributed by atoms with van der Waals surface area (Å²) in [4.78, 5) is 0. The number of rotatable bonds is 2. The molecule has 1 aromatic carbocycles. The summed E-state index contributed by atoms with van der Waals surface area (Å²) in [6.07, 6.45) is 1.08. The maximum absolute atomic E-state index is 8.33. The first-order chi connectivity index (χ1) is 6.20. The van der Waals surface area contributed by atoms with Gasteiger partial charge in [0, 0.05) is 6.61 Å². The number of hydrogen-bond acceptors (Lipinski definition) is 1. The molecular formula is C12H20O. The zero-order valence-electron chi connectivity index (χ0n) is 8.83. The molecule has 0 saturated carbocycles. The van der Waals surface area contributed by atoms with Gasteiger partial charge in [0.2, 0.25) is 0 Å². The van der Waals surface area contributed by atoms with E-state index in [0.717, 1.165) is 6.42 Å². The van der Waals surface area contributed by atoms with Crippen molar-refractivity contribution < 1.29 is 5.11 Å². The number of aryl methyl sites for hydroxylation is 1. The molecule has 1 aromatic rings. The molecule has 0 aliphatic carbocycles. The van der Waals surface area contributed by atoms with Gasteiger partial charge in [-0.3, -0.25) is 0 Å². The van der Waals surface area contributed by atoms with Crippen molar-refractivity contribution in [2.24, 2.45) is 5.92 Å². The molecule has 1 N–H and O–H groups in total. The van der Waals surface area contributed by atoms with Crippen LogP contribution in [0.25, 0.3) is 0 Å². The van der Waals surface area contributed by atoms with Gasteiger partial charge in [0.1, 0.15) is 0 Å². The number of benzene rings is 1. The van der Waals surface area contributed by atoms with Gasteiger partial charge in [-0.05, 0) is 12.8 Å². The average Bonchev–Trinajstić information content (AvgIpc) is 2.19. The first-order valence-electron chi connectivity index (χ1n) is 4.83. The van der Waals surface area contributed by atoms with Crippen LogP contribution in [0.2, 0.25) is 0 Å². The minimum absolute atomic E-state index is 0.330. The summed E-state index contributed by atoms with van der Waals surface area (Å²) in [5.41, 5.74) is 1.32. The predicted molar refractivity (Wildman–Crippen MR) is 57.7 cm³/mol. The molecule has 0 heterocycles. The van der Waals surface area contributed by atoms with Crippen LogP contribution in [-0.2, 0) is 0 Å². The van der Waals surface area contributed by atoms with Crippen LogP contribution in [0.1, 0.15) is 25.8 Å². The molecular weight excluding hydrogens is 160 g/mol. The van der Waals surface area contributed by atoms with E-state index >= 15 is 0 Å². The fraction of sp³-hybridized carbons (Fsp3) is 0.500. The summed E-state index contributed by atoms with van der Waals surface area (Å²) in [6, 6.07) is 10.3. The van der Waals surface area contributed by atoms with Gasteiger partial charge >= 0.3 is 0 Å². The van der Waals surface area contributed by atoms with Gasteiger partial charge in [0.15, 0.2) is 0 Å². The van der Waals surface area contributed by atoms with E-state index in [0.29, 0.717) is 12.5 Å². The largest absolute Gasteiger partial charge is 0.396 e. The molecule has 1 atom stereocenters. The predicted octanol–water partition coefficient (Wildman–Crippen LogP) is 3.02. The summed E-state index contributed by atoms with van der Waals surface area (Å²) >= 11 is 0. The molecule has 0 amide bonds. The van der Waals surface area contributed by atoms with Crippen LogP contribution >= 0.6 is 0 Å². The maximum Gasteiger partial charge on any atom is 0.0456 e. The Bertz CT molecular complexity index is 190. The summed E-state index contributed by atoms with van der Waals surface area (Å²) in [5.74, 6) is 0.491. The first-order valence-corrected chi connectivity index (χ1v) is 4.83. The molecule has 1 unspecified atom stereocenters. The Kier molecular flexibility index (Phi) is 7.32. The van der Waals surface area contributed by atoms with Crippen molar-refractivity contribution in [3.05, 3.63) is 35.9 Å². The Balaban J connectivity index is 0.000000226. The molecule has 1 heteroatoms. The lowest BCUT2D eigenvalue weighted by molar-refractivity contribution is 0.234. The van der Waals surface area contributed by atoms with Crippen molar-refractivity contribution >= 4 is 0 Å². The van der Waals surface area contributed by atoms with Gasteiger partial charge in [-0.1, -0.05) is 56.2 Å². The van der Waals surface area contributed by atoms with Gasteiger partial charge in [-0.2, -0.15) is 0 Å². The van der Waals surface area contributed by atoms with Crippen LogP contribution in [-0.4, -0.2) is 11.7 Å². The number of aliphatic hydroxyl groups excluding tert-OH is 1. The van der Waals surface area contributed by atoms with Crippen LogP contribution in [0.3, 0.4) is 0 Å². The Hall–Kier alpha value is -0.820. The lowest BCUT2D eigenvalue weighted by Crippen LogP contribution is -1.96. The molecule has 13 heavy (non-hydrogen) atoms. The highest BCUT2D eigenvalue weighted by atomic mass is 16.3. The Morgan fingerprint density at radius 1 is 1.23 bits per heavy atom. The number of hydrogen-bond donors (Lipinski definition) is 1. The van der Waals surface area contributed by atoms with E-state index in [-0.39, 0.29) is 0 Å². The van der Waals surface area contributed by atoms with Crippen molar-refractivity contribution in [3.8, 4) is 0 Å². The second-order valence-corrected chi connectivity index (χ2v) is 3.35. The SMILES string of the molecule is CCC(C)CO.Cc1ccccc1. The summed E-state index contributed by atoms with van der Waals surface area (Å²) in [7, 11) is 0. The normalized spacial score (nSPS) is 11.4. The molecule has 1 rings (SSSR count). The zero-order chi connectivity index (χ0) is 10.1. The lowest BCUT2D eigenvalue weighted by Gasteiger charge is -1.98. The monoisotopic (exact) mass is 180 g/mol.